The van der Waals surface area contributed by atoms with Gasteiger partial charge < -0.3 is 5.11 Å². The fourth-order valence-electron chi connectivity index (χ4n) is 0.799. The minimum atomic E-state index is -0.177. The summed E-state index contributed by atoms with van der Waals surface area (Å²) < 4.78 is 0. The molecule has 0 bridgehead atoms. The largest absolute Gasteiger partial charge is 0.507 e. The molecule has 1 aromatic heterocycles. The van der Waals surface area contributed by atoms with E-state index in [9.17, 15) is 9.90 Å². The summed E-state index contributed by atoms with van der Waals surface area (Å²) >= 11 is 0. The minimum absolute atomic E-state index is 0.0232. The van der Waals surface area contributed by atoms with Gasteiger partial charge in [0.15, 0.2) is 5.78 Å². The molecule has 0 spiro atoms. The number of hydrogen-bond donors (Lipinski definition) is 1. The molecule has 0 atom stereocenters. The Balaban J connectivity index is 2.93. The van der Waals surface area contributed by atoms with Crippen LogP contribution in [0.25, 0.3) is 5.76 Å². The molecular weight excluding hydrogens is 154 g/mol. The van der Waals surface area contributed by atoms with E-state index in [0.29, 0.717) is 5.56 Å². The smallest absolute Gasteiger partial charge is 0.156 e. The number of carbonyl (C=O) groups is 1. The van der Waals surface area contributed by atoms with E-state index in [1.807, 2.05) is 0 Å². The summed E-state index contributed by atoms with van der Waals surface area (Å²) in [5.41, 5.74) is 0.597. The molecule has 1 rings (SSSR count). The van der Waals surface area contributed by atoms with Gasteiger partial charge in [-0.25, -0.2) is 0 Å². The van der Waals surface area contributed by atoms with Crippen LogP contribution in [0.4, 0.5) is 0 Å². The lowest BCUT2D eigenvalue weighted by atomic mass is 10.2. The summed E-state index contributed by atoms with van der Waals surface area (Å²) in [4.78, 5) is 14.4. The Morgan fingerprint density at radius 1 is 1.50 bits per heavy atom. The van der Waals surface area contributed by atoms with E-state index in [-0.39, 0.29) is 11.5 Å². The van der Waals surface area contributed by atoms with Crippen LogP contribution in [-0.2, 0) is 4.79 Å². The second-order valence-electron chi connectivity index (χ2n) is 2.38. The van der Waals surface area contributed by atoms with Gasteiger partial charge in [-0.15, -0.1) is 0 Å². The van der Waals surface area contributed by atoms with E-state index >= 15 is 0 Å². The van der Waals surface area contributed by atoms with E-state index in [0.717, 1.165) is 0 Å². The molecule has 0 fully saturated rings. The maximum atomic E-state index is 10.6. The van der Waals surface area contributed by atoms with Crippen molar-refractivity contribution in [2.75, 3.05) is 0 Å². The Hall–Kier alpha value is -1.64. The normalized spacial score (nSPS) is 11.2. The predicted octanol–water partition coefficient (Wildman–Crippen LogP) is 1.57. The molecule has 0 unspecified atom stereocenters. The number of aliphatic hydroxyl groups excluding tert-OH is 1. The number of hydrogen-bond acceptors (Lipinski definition) is 3. The molecule has 0 radical (unpaired) electrons. The van der Waals surface area contributed by atoms with Crippen molar-refractivity contribution in [1.82, 2.24) is 4.98 Å². The molecule has 62 valence electrons. The molecule has 0 saturated heterocycles. The van der Waals surface area contributed by atoms with E-state index in [1.165, 1.54) is 13.0 Å². The lowest BCUT2D eigenvalue weighted by Crippen LogP contribution is -1.88. The maximum absolute atomic E-state index is 10.6. The first-order valence-corrected chi connectivity index (χ1v) is 3.52. The van der Waals surface area contributed by atoms with Gasteiger partial charge in [0.25, 0.3) is 0 Å². The van der Waals surface area contributed by atoms with Crippen LogP contribution in [0.5, 0.6) is 0 Å². The SMILES string of the molecule is CC(=O)C=C(O)c1ccncc1. The number of ketones is 1. The Bertz CT molecular complexity index is 304. The predicted molar refractivity (Wildman–Crippen MR) is 45.5 cm³/mol. The van der Waals surface area contributed by atoms with Crippen molar-refractivity contribution in [3.63, 3.8) is 0 Å². The molecule has 0 saturated carbocycles. The Morgan fingerprint density at radius 3 is 2.58 bits per heavy atom. The molecule has 0 amide bonds. The lowest BCUT2D eigenvalue weighted by Gasteiger charge is -1.96. The molecule has 0 aliphatic rings. The van der Waals surface area contributed by atoms with Gasteiger partial charge in [0, 0.05) is 24.0 Å². The standard InChI is InChI=1S/C9H9NO2/c1-7(11)6-9(12)8-2-4-10-5-3-8/h2-6,12H,1H3. The molecule has 1 N–H and O–H groups in total. The number of rotatable bonds is 2. The number of allylic oxidation sites excluding steroid dienone is 1. The average Bonchev–Trinajstić information content (AvgIpc) is 2.05. The van der Waals surface area contributed by atoms with E-state index in [4.69, 9.17) is 0 Å². The first-order chi connectivity index (χ1) is 5.70. The zero-order valence-electron chi connectivity index (χ0n) is 6.69. The van der Waals surface area contributed by atoms with E-state index in [1.54, 1.807) is 24.5 Å². The summed E-state index contributed by atoms with van der Waals surface area (Å²) in [6.07, 6.45) is 4.29. The molecule has 1 aromatic rings. The van der Waals surface area contributed by atoms with Gasteiger partial charge in [-0.05, 0) is 19.1 Å². The summed E-state index contributed by atoms with van der Waals surface area (Å²) in [6, 6.07) is 3.27. The zero-order chi connectivity index (χ0) is 8.97. The topological polar surface area (TPSA) is 50.2 Å². The van der Waals surface area contributed by atoms with Crippen LogP contribution < -0.4 is 0 Å². The third-order valence-corrected chi connectivity index (χ3v) is 1.32. The highest BCUT2D eigenvalue weighted by atomic mass is 16.3. The van der Waals surface area contributed by atoms with Crippen molar-refractivity contribution < 1.29 is 9.90 Å². The molecule has 0 aromatic carbocycles. The van der Waals surface area contributed by atoms with Crippen molar-refractivity contribution in [2.24, 2.45) is 0 Å². The Morgan fingerprint density at radius 2 is 2.08 bits per heavy atom. The monoisotopic (exact) mass is 163 g/mol. The molecule has 0 aliphatic heterocycles. The summed E-state index contributed by atoms with van der Waals surface area (Å²) in [6.45, 7) is 1.39. The van der Waals surface area contributed by atoms with Crippen LogP contribution in [0.15, 0.2) is 30.6 Å². The van der Waals surface area contributed by atoms with Crippen LogP contribution in [0.3, 0.4) is 0 Å². The van der Waals surface area contributed by atoms with Crippen LogP contribution >= 0.6 is 0 Å². The van der Waals surface area contributed by atoms with Crippen LogP contribution in [0.2, 0.25) is 0 Å². The van der Waals surface area contributed by atoms with Crippen molar-refractivity contribution in [1.29, 1.82) is 0 Å². The Kier molecular flexibility index (Phi) is 2.58. The second kappa shape index (κ2) is 3.67. The minimum Gasteiger partial charge on any atom is -0.507 e. The molecular formula is C9H9NO2. The van der Waals surface area contributed by atoms with Gasteiger partial charge in [0.2, 0.25) is 0 Å². The number of aromatic nitrogens is 1. The van der Waals surface area contributed by atoms with Crippen molar-refractivity contribution >= 4 is 11.5 Å². The maximum Gasteiger partial charge on any atom is 0.156 e. The molecule has 3 nitrogen and oxygen atoms in total. The van der Waals surface area contributed by atoms with Crippen molar-refractivity contribution in [3.8, 4) is 0 Å². The second-order valence-corrected chi connectivity index (χ2v) is 2.38. The average molecular weight is 163 g/mol. The quantitative estimate of drug-likeness (QED) is 0.531. The first-order valence-electron chi connectivity index (χ1n) is 3.52. The fourth-order valence-corrected chi connectivity index (χ4v) is 0.799. The van der Waals surface area contributed by atoms with Gasteiger partial charge in [-0.1, -0.05) is 0 Å². The number of carbonyl (C=O) groups excluding carboxylic acids is 1. The summed E-state index contributed by atoms with van der Waals surface area (Å²) in [7, 11) is 0. The van der Waals surface area contributed by atoms with Gasteiger partial charge in [-0.2, -0.15) is 0 Å². The lowest BCUT2D eigenvalue weighted by molar-refractivity contribution is -0.112. The number of aliphatic hydroxyl groups is 1. The summed E-state index contributed by atoms with van der Waals surface area (Å²) in [5.74, 6) is -0.200. The molecule has 3 heteroatoms. The Labute approximate surface area is 70.4 Å². The van der Waals surface area contributed by atoms with Gasteiger partial charge in [0.05, 0.1) is 0 Å². The van der Waals surface area contributed by atoms with Gasteiger partial charge in [-0.3, -0.25) is 9.78 Å². The molecule has 12 heavy (non-hydrogen) atoms. The van der Waals surface area contributed by atoms with E-state index < -0.39 is 0 Å². The number of nitrogens with zero attached hydrogens (tertiary/aromatic N) is 1. The fraction of sp³-hybridized carbons (Fsp3) is 0.111. The molecule has 0 aliphatic carbocycles. The first kappa shape index (κ1) is 8.46. The van der Waals surface area contributed by atoms with Crippen LogP contribution in [0.1, 0.15) is 12.5 Å². The van der Waals surface area contributed by atoms with E-state index in [2.05, 4.69) is 4.98 Å². The van der Waals surface area contributed by atoms with Gasteiger partial charge in [0.1, 0.15) is 5.76 Å². The third kappa shape index (κ3) is 2.20. The highest BCUT2D eigenvalue weighted by Gasteiger charge is 1.97. The summed E-state index contributed by atoms with van der Waals surface area (Å²) in [5, 5.41) is 9.30. The van der Waals surface area contributed by atoms with Crippen molar-refractivity contribution in [2.45, 2.75) is 6.92 Å². The van der Waals surface area contributed by atoms with Crippen molar-refractivity contribution in [3.05, 3.63) is 36.2 Å². The van der Waals surface area contributed by atoms with Crippen LogP contribution in [-0.4, -0.2) is 15.9 Å². The highest BCUT2D eigenvalue weighted by Crippen LogP contribution is 2.08. The zero-order valence-corrected chi connectivity index (χ0v) is 6.69. The number of pyridine rings is 1. The van der Waals surface area contributed by atoms with Crippen LogP contribution in [0, 0.1) is 0 Å². The van der Waals surface area contributed by atoms with Gasteiger partial charge >= 0.3 is 0 Å². The highest BCUT2D eigenvalue weighted by molar-refractivity contribution is 5.93. The molecule has 1 heterocycles. The third-order valence-electron chi connectivity index (χ3n) is 1.32.